The van der Waals surface area contributed by atoms with Crippen LogP contribution in [0.5, 0.6) is 0 Å². The molecule has 3 atom stereocenters. The maximum Gasteiger partial charge on any atom is 0.271 e. The van der Waals surface area contributed by atoms with Gasteiger partial charge in [-0.25, -0.2) is 4.98 Å². The smallest absolute Gasteiger partial charge is 0.271 e. The van der Waals surface area contributed by atoms with E-state index in [-0.39, 0.29) is 30.4 Å². The van der Waals surface area contributed by atoms with Crippen LogP contribution in [0.25, 0.3) is 22.2 Å². The number of rotatable bonds is 12. The summed E-state index contributed by atoms with van der Waals surface area (Å²) >= 11 is 0. The molecule has 1 amide bonds. The predicted octanol–water partition coefficient (Wildman–Crippen LogP) is 7.70. The second-order valence-electron chi connectivity index (χ2n) is 13.2. The molecule has 8 nitrogen and oxygen atoms in total. The molecule has 4 aromatic carbocycles. The maximum atomic E-state index is 13.0. The minimum atomic E-state index is -0.530. The first-order valence-electron chi connectivity index (χ1n) is 17.6. The van der Waals surface area contributed by atoms with Crippen molar-refractivity contribution in [2.24, 2.45) is 0 Å². The van der Waals surface area contributed by atoms with Gasteiger partial charge in [-0.05, 0) is 52.8 Å². The van der Waals surface area contributed by atoms with E-state index in [9.17, 15) is 9.90 Å². The topological polar surface area (TPSA) is 96.8 Å². The van der Waals surface area contributed by atoms with E-state index in [0.717, 1.165) is 58.4 Å². The van der Waals surface area contributed by atoms with Crippen LogP contribution in [0.4, 0.5) is 0 Å². The molecule has 1 aromatic heterocycles. The van der Waals surface area contributed by atoms with E-state index in [4.69, 9.17) is 9.47 Å². The highest BCUT2D eigenvalue weighted by atomic mass is 16.7. The van der Waals surface area contributed by atoms with Gasteiger partial charge in [0.1, 0.15) is 5.69 Å². The van der Waals surface area contributed by atoms with Crippen molar-refractivity contribution in [1.29, 1.82) is 0 Å². The Hall–Kier alpha value is -4.73. The number of benzene rings is 4. The van der Waals surface area contributed by atoms with Crippen LogP contribution < -0.4 is 5.32 Å². The van der Waals surface area contributed by atoms with Gasteiger partial charge >= 0.3 is 0 Å². The largest absolute Gasteiger partial charge is 0.392 e. The van der Waals surface area contributed by atoms with Gasteiger partial charge in [0.05, 0.1) is 36.0 Å². The van der Waals surface area contributed by atoms with Crippen molar-refractivity contribution >= 4 is 16.9 Å². The molecule has 1 saturated carbocycles. The van der Waals surface area contributed by atoms with E-state index in [1.165, 1.54) is 31.9 Å². The van der Waals surface area contributed by atoms with Crippen molar-refractivity contribution < 1.29 is 19.4 Å². The van der Waals surface area contributed by atoms with Crippen LogP contribution in [-0.4, -0.2) is 51.1 Å². The molecule has 3 unspecified atom stereocenters. The zero-order valence-corrected chi connectivity index (χ0v) is 28.3. The number of hydrogen-bond donors (Lipinski definition) is 2. The molecule has 1 aliphatic carbocycles. The van der Waals surface area contributed by atoms with Gasteiger partial charge in [0.2, 0.25) is 0 Å². The van der Waals surface area contributed by atoms with Crippen molar-refractivity contribution in [2.45, 2.75) is 69.8 Å². The van der Waals surface area contributed by atoms with Crippen molar-refractivity contribution in [3.05, 3.63) is 144 Å². The lowest BCUT2D eigenvalue weighted by Gasteiger charge is -2.39. The standard InChI is InChI=1S/C42H44N4O4/c1-2-23-46(34-10-4-5-11-34)27-35-24-40(31-17-15-29(28-47)16-18-31)50-42(49-35)32-21-19-30(20-22-32)36-12-6-3-9-33(36)25-44-41(48)39-26-43-37-13-7-8-14-38(37)45-39/h2-3,6-9,12-22,26,34-35,40,42,47H,1,4-5,10-11,23-25,27-28H2,(H,44,48). The summed E-state index contributed by atoms with van der Waals surface area (Å²) in [4.78, 5) is 24.4. The molecule has 256 valence electrons. The van der Waals surface area contributed by atoms with Gasteiger partial charge in [0.25, 0.3) is 5.91 Å². The highest BCUT2D eigenvalue weighted by Crippen LogP contribution is 2.39. The number of ether oxygens (including phenoxy) is 2. The summed E-state index contributed by atoms with van der Waals surface area (Å²) in [5, 5.41) is 12.6. The Bertz CT molecular complexity index is 1910. The normalized spacial score (nSPS) is 19.5. The van der Waals surface area contributed by atoms with E-state index in [2.05, 4.69) is 69.2 Å². The molecule has 1 saturated heterocycles. The van der Waals surface area contributed by atoms with E-state index in [1.54, 1.807) is 0 Å². The zero-order valence-electron chi connectivity index (χ0n) is 28.3. The molecule has 1 aliphatic heterocycles. The van der Waals surface area contributed by atoms with E-state index in [1.807, 2.05) is 60.7 Å². The van der Waals surface area contributed by atoms with E-state index in [0.29, 0.717) is 18.1 Å². The quantitative estimate of drug-likeness (QED) is 0.132. The monoisotopic (exact) mass is 668 g/mol. The summed E-state index contributed by atoms with van der Waals surface area (Å²) < 4.78 is 13.4. The first kappa shape index (κ1) is 33.8. The highest BCUT2D eigenvalue weighted by molar-refractivity contribution is 5.93. The van der Waals surface area contributed by atoms with Crippen LogP contribution in [0.3, 0.4) is 0 Å². The predicted molar refractivity (Wildman–Crippen MR) is 195 cm³/mol. The molecule has 0 radical (unpaired) electrons. The van der Waals surface area contributed by atoms with Gasteiger partial charge < -0.3 is 19.9 Å². The second-order valence-corrected chi connectivity index (χ2v) is 13.2. The molecular formula is C42H44N4O4. The number of amides is 1. The van der Waals surface area contributed by atoms with Crippen molar-refractivity contribution in [3.8, 4) is 11.1 Å². The Morgan fingerprint density at radius 2 is 1.62 bits per heavy atom. The van der Waals surface area contributed by atoms with Crippen LogP contribution in [0.2, 0.25) is 0 Å². The second kappa shape index (κ2) is 15.9. The molecule has 0 spiro atoms. The summed E-state index contributed by atoms with van der Waals surface area (Å²) in [7, 11) is 0. The van der Waals surface area contributed by atoms with Gasteiger partial charge in [-0.3, -0.25) is 14.7 Å². The summed E-state index contributed by atoms with van der Waals surface area (Å²) in [5.74, 6) is -0.269. The van der Waals surface area contributed by atoms with Crippen molar-refractivity contribution in [1.82, 2.24) is 20.2 Å². The molecule has 50 heavy (non-hydrogen) atoms. The minimum Gasteiger partial charge on any atom is -0.392 e. The SMILES string of the molecule is C=CCN(CC1CC(c2ccc(CO)cc2)OC(c2ccc(-c3ccccc3CNC(=O)c3cnc4ccccc4n3)cc2)O1)C1CCCC1. The number of nitrogens with zero attached hydrogens (tertiary/aromatic N) is 3. The Morgan fingerprint density at radius 3 is 2.38 bits per heavy atom. The van der Waals surface area contributed by atoms with Gasteiger partial charge in [0.15, 0.2) is 6.29 Å². The fourth-order valence-corrected chi connectivity index (χ4v) is 7.21. The third kappa shape index (κ3) is 7.85. The number of fused-ring (bicyclic) bond motifs is 1. The molecule has 0 bridgehead atoms. The summed E-state index contributed by atoms with van der Waals surface area (Å²) in [6, 6.07) is 32.5. The molecule has 7 rings (SSSR count). The number of carbonyl (C=O) groups is 1. The van der Waals surface area contributed by atoms with Crippen LogP contribution >= 0.6 is 0 Å². The van der Waals surface area contributed by atoms with Gasteiger partial charge in [-0.2, -0.15) is 0 Å². The summed E-state index contributed by atoms with van der Waals surface area (Å²) in [5.41, 5.74) is 7.70. The molecule has 5 aromatic rings. The van der Waals surface area contributed by atoms with Gasteiger partial charge in [0, 0.05) is 37.7 Å². The molecule has 8 heteroatoms. The third-order valence-corrected chi connectivity index (χ3v) is 9.89. The number of aromatic nitrogens is 2. The summed E-state index contributed by atoms with van der Waals surface area (Å²) in [6.45, 7) is 6.06. The minimum absolute atomic E-state index is 0.0129. The molecular weight excluding hydrogens is 624 g/mol. The number of aliphatic hydroxyl groups excluding tert-OH is 1. The Labute approximate surface area is 293 Å². The maximum absolute atomic E-state index is 13.0. The molecule has 2 heterocycles. The highest BCUT2D eigenvalue weighted by Gasteiger charge is 2.34. The molecule has 2 N–H and O–H groups in total. The number of carbonyl (C=O) groups excluding carboxylic acids is 1. The van der Waals surface area contributed by atoms with Crippen LogP contribution in [0.15, 0.2) is 116 Å². The number of nitrogens with one attached hydrogen (secondary N) is 1. The van der Waals surface area contributed by atoms with Gasteiger partial charge in [-0.15, -0.1) is 6.58 Å². The molecule has 2 aliphatic rings. The van der Waals surface area contributed by atoms with Gasteiger partial charge in [-0.1, -0.05) is 104 Å². The average molecular weight is 669 g/mol. The fourth-order valence-electron chi connectivity index (χ4n) is 7.21. The Morgan fingerprint density at radius 1 is 0.900 bits per heavy atom. The average Bonchev–Trinajstić information content (AvgIpc) is 3.72. The van der Waals surface area contributed by atoms with E-state index >= 15 is 0 Å². The van der Waals surface area contributed by atoms with E-state index < -0.39 is 6.29 Å². The Kier molecular flexibility index (Phi) is 10.7. The zero-order chi connectivity index (χ0) is 34.3. The fraction of sp³-hybridized carbons (Fsp3) is 0.310. The van der Waals surface area contributed by atoms with Crippen LogP contribution in [-0.2, 0) is 22.6 Å². The van der Waals surface area contributed by atoms with Crippen molar-refractivity contribution in [3.63, 3.8) is 0 Å². The lowest BCUT2D eigenvalue weighted by Crippen LogP contribution is -2.43. The summed E-state index contributed by atoms with van der Waals surface area (Å²) in [6.07, 6.45) is 8.56. The number of para-hydroxylation sites is 2. The Balaban J connectivity index is 1.08. The third-order valence-electron chi connectivity index (χ3n) is 9.89. The lowest BCUT2D eigenvalue weighted by molar-refractivity contribution is -0.253. The van der Waals surface area contributed by atoms with Crippen molar-refractivity contribution in [2.75, 3.05) is 13.1 Å². The van der Waals surface area contributed by atoms with Crippen LogP contribution in [0, 0.1) is 0 Å². The number of aliphatic hydroxyl groups is 1. The number of hydrogen-bond acceptors (Lipinski definition) is 7. The molecule has 2 fully saturated rings. The first-order chi connectivity index (χ1) is 24.6. The first-order valence-corrected chi connectivity index (χ1v) is 17.6. The van der Waals surface area contributed by atoms with Crippen LogP contribution in [0.1, 0.15) is 77.2 Å². The lowest BCUT2D eigenvalue weighted by atomic mass is 9.97.